The highest BCUT2D eigenvalue weighted by atomic mass is 16.7. The molecule has 7 nitrogen and oxygen atoms in total. The molecule has 0 aliphatic carbocycles. The molecule has 0 aromatic rings. The van der Waals surface area contributed by atoms with Gasteiger partial charge in [0, 0.05) is 6.08 Å². The maximum atomic E-state index is 11.0. The molecule has 0 bridgehead atoms. The van der Waals surface area contributed by atoms with Gasteiger partial charge >= 0.3 is 17.9 Å². The Morgan fingerprint density at radius 2 is 1.27 bits per heavy atom. The second-order valence-electron chi connectivity index (χ2n) is 4.01. The molecule has 0 heterocycles. The summed E-state index contributed by atoms with van der Waals surface area (Å²) < 4.78 is 15.7. The van der Waals surface area contributed by atoms with Gasteiger partial charge in [-0.3, -0.25) is 0 Å². The molecule has 0 amide bonds. The third-order valence-corrected chi connectivity index (χ3v) is 1.88. The minimum Gasteiger partial charge on any atom is -0.482 e. The van der Waals surface area contributed by atoms with Gasteiger partial charge in [0.1, 0.15) is 0 Å². The third kappa shape index (κ3) is 12.8. The van der Waals surface area contributed by atoms with E-state index in [-0.39, 0.29) is 11.7 Å². The molecule has 0 aliphatic rings. The van der Waals surface area contributed by atoms with E-state index < -0.39 is 11.9 Å². The van der Waals surface area contributed by atoms with Crippen molar-refractivity contribution in [3.05, 3.63) is 24.4 Å². The fourth-order valence-electron chi connectivity index (χ4n) is 0.974. The van der Waals surface area contributed by atoms with Crippen molar-refractivity contribution in [2.75, 3.05) is 19.8 Å². The van der Waals surface area contributed by atoms with Gasteiger partial charge in [-0.05, 0) is 19.3 Å². The van der Waals surface area contributed by atoms with Crippen molar-refractivity contribution in [2.24, 2.45) is 0 Å². The topological polar surface area (TPSA) is 102 Å². The van der Waals surface area contributed by atoms with Crippen molar-refractivity contribution < 1.29 is 34.0 Å². The normalized spacial score (nSPS) is 8.86. The number of aliphatic carboxylic acids is 2. The smallest absolute Gasteiger partial charge is 0.378 e. The standard InChI is InChI=1S/C12H22O5.C3H4O2/c1-4-7-15-10(11(13)14)12(16-8-5-2)17-9-6-3;1-2-3(4)5/h4-9H2,1-3H3,(H,13,14);2H,1H2,(H,4,5). The molecule has 0 saturated heterocycles. The highest BCUT2D eigenvalue weighted by molar-refractivity contribution is 5.84. The van der Waals surface area contributed by atoms with Crippen molar-refractivity contribution in [2.45, 2.75) is 40.0 Å². The SMILES string of the molecule is C=CC(=O)O.CCCOC(OCCC)=C(OCCC)C(=O)O. The number of carboxylic acids is 2. The van der Waals surface area contributed by atoms with Gasteiger partial charge < -0.3 is 24.4 Å². The lowest BCUT2D eigenvalue weighted by molar-refractivity contribution is -0.138. The summed E-state index contributed by atoms with van der Waals surface area (Å²) in [4.78, 5) is 20.3. The van der Waals surface area contributed by atoms with Gasteiger partial charge in [-0.2, -0.15) is 0 Å². The maximum Gasteiger partial charge on any atom is 0.378 e. The van der Waals surface area contributed by atoms with Crippen molar-refractivity contribution in [3.8, 4) is 0 Å². The predicted molar refractivity (Wildman–Crippen MR) is 81.2 cm³/mol. The molecule has 0 saturated carbocycles. The molecule has 0 atom stereocenters. The van der Waals surface area contributed by atoms with Crippen molar-refractivity contribution in [3.63, 3.8) is 0 Å². The van der Waals surface area contributed by atoms with Gasteiger partial charge in [0.15, 0.2) is 0 Å². The minimum atomic E-state index is -1.17. The first-order valence-electron chi connectivity index (χ1n) is 7.15. The molecule has 2 N–H and O–H groups in total. The van der Waals surface area contributed by atoms with Crippen molar-refractivity contribution in [1.29, 1.82) is 0 Å². The molecule has 0 aliphatic heterocycles. The molecular weight excluding hydrogens is 292 g/mol. The lowest BCUT2D eigenvalue weighted by atomic mass is 10.4. The second kappa shape index (κ2) is 15.2. The Morgan fingerprint density at radius 1 is 0.909 bits per heavy atom. The summed E-state index contributed by atoms with van der Waals surface area (Å²) in [5.41, 5.74) is 0. The number of hydrogen-bond acceptors (Lipinski definition) is 5. The van der Waals surface area contributed by atoms with Crippen molar-refractivity contribution in [1.82, 2.24) is 0 Å². The Hall–Kier alpha value is -2.18. The molecule has 7 heteroatoms. The van der Waals surface area contributed by atoms with E-state index >= 15 is 0 Å². The van der Waals surface area contributed by atoms with Crippen LogP contribution in [0.15, 0.2) is 24.4 Å². The lowest BCUT2D eigenvalue weighted by Gasteiger charge is -2.14. The lowest BCUT2D eigenvalue weighted by Crippen LogP contribution is -2.14. The Balaban J connectivity index is 0. The van der Waals surface area contributed by atoms with Gasteiger partial charge in [-0.15, -0.1) is 0 Å². The highest BCUT2D eigenvalue weighted by Crippen LogP contribution is 2.12. The number of ether oxygens (including phenoxy) is 3. The Kier molecular flexibility index (Phi) is 15.3. The van der Waals surface area contributed by atoms with Crippen LogP contribution in [0.2, 0.25) is 0 Å². The van der Waals surface area contributed by atoms with Gasteiger partial charge in [-0.25, -0.2) is 9.59 Å². The predicted octanol–water partition coefficient (Wildman–Crippen LogP) is 2.78. The van der Waals surface area contributed by atoms with Crippen LogP contribution >= 0.6 is 0 Å². The molecule has 0 aromatic carbocycles. The molecule has 0 radical (unpaired) electrons. The van der Waals surface area contributed by atoms with Crippen LogP contribution in [0, 0.1) is 0 Å². The van der Waals surface area contributed by atoms with E-state index in [1.54, 1.807) is 0 Å². The van der Waals surface area contributed by atoms with Gasteiger partial charge in [-0.1, -0.05) is 27.4 Å². The summed E-state index contributed by atoms with van der Waals surface area (Å²) >= 11 is 0. The Bertz CT molecular complexity index is 351. The zero-order valence-electron chi connectivity index (χ0n) is 13.5. The number of hydrogen-bond donors (Lipinski definition) is 2. The molecule has 22 heavy (non-hydrogen) atoms. The molecule has 0 fully saturated rings. The van der Waals surface area contributed by atoms with E-state index in [2.05, 4.69) is 6.58 Å². The quantitative estimate of drug-likeness (QED) is 0.446. The molecule has 0 aromatic heterocycles. The van der Waals surface area contributed by atoms with E-state index in [0.29, 0.717) is 19.8 Å². The average molecular weight is 318 g/mol. The number of carboxylic acid groups (broad SMARTS) is 2. The largest absolute Gasteiger partial charge is 0.482 e. The van der Waals surface area contributed by atoms with E-state index in [1.165, 1.54) is 0 Å². The summed E-state index contributed by atoms with van der Waals surface area (Å²) in [7, 11) is 0. The van der Waals surface area contributed by atoms with Gasteiger partial charge in [0.25, 0.3) is 5.76 Å². The first kappa shape index (κ1) is 22.1. The zero-order valence-corrected chi connectivity index (χ0v) is 13.5. The van der Waals surface area contributed by atoms with Crippen LogP contribution in [0.5, 0.6) is 0 Å². The monoisotopic (exact) mass is 318 g/mol. The summed E-state index contributed by atoms with van der Waals surface area (Å²) in [5, 5.41) is 16.6. The highest BCUT2D eigenvalue weighted by Gasteiger charge is 2.19. The van der Waals surface area contributed by atoms with E-state index in [0.717, 1.165) is 25.3 Å². The summed E-state index contributed by atoms with van der Waals surface area (Å²) in [6.45, 7) is 9.88. The number of rotatable bonds is 11. The third-order valence-electron chi connectivity index (χ3n) is 1.88. The van der Waals surface area contributed by atoms with Gasteiger partial charge in [0.2, 0.25) is 0 Å². The van der Waals surface area contributed by atoms with Crippen LogP contribution in [-0.2, 0) is 23.8 Å². The van der Waals surface area contributed by atoms with E-state index in [1.807, 2.05) is 20.8 Å². The van der Waals surface area contributed by atoms with Crippen LogP contribution < -0.4 is 0 Å². The number of carbonyl (C=O) groups is 2. The van der Waals surface area contributed by atoms with Gasteiger partial charge in [0.05, 0.1) is 19.8 Å². The summed E-state index contributed by atoms with van der Waals surface area (Å²) in [5.74, 6) is -2.41. The van der Waals surface area contributed by atoms with Crippen LogP contribution in [0.4, 0.5) is 0 Å². The second-order valence-corrected chi connectivity index (χ2v) is 4.01. The first-order chi connectivity index (χ1) is 10.4. The fourth-order valence-corrected chi connectivity index (χ4v) is 0.974. The molecule has 128 valence electrons. The molecule has 0 unspecified atom stereocenters. The maximum absolute atomic E-state index is 11.0. The minimum absolute atomic E-state index is 0.0188. The molecule has 0 spiro atoms. The molecule has 0 rings (SSSR count). The van der Waals surface area contributed by atoms with Crippen LogP contribution in [0.3, 0.4) is 0 Å². The van der Waals surface area contributed by atoms with Crippen LogP contribution in [-0.4, -0.2) is 42.0 Å². The average Bonchev–Trinajstić information content (AvgIpc) is 2.49. The fraction of sp³-hybridized carbons (Fsp3) is 0.600. The van der Waals surface area contributed by atoms with E-state index in [9.17, 15) is 9.59 Å². The van der Waals surface area contributed by atoms with Crippen LogP contribution in [0.25, 0.3) is 0 Å². The zero-order chi connectivity index (χ0) is 17.4. The van der Waals surface area contributed by atoms with E-state index in [4.69, 9.17) is 24.4 Å². The Labute approximate surface area is 131 Å². The molecular formula is C15H26O7. The van der Waals surface area contributed by atoms with Crippen LogP contribution in [0.1, 0.15) is 40.0 Å². The Morgan fingerprint density at radius 3 is 1.55 bits per heavy atom. The summed E-state index contributed by atoms with van der Waals surface area (Å²) in [6, 6.07) is 0. The van der Waals surface area contributed by atoms with Crippen molar-refractivity contribution >= 4 is 11.9 Å². The summed E-state index contributed by atoms with van der Waals surface area (Å²) in [6.07, 6.45) is 3.12. The first-order valence-corrected chi connectivity index (χ1v) is 7.15.